The SMILES string of the molecule is O=C1CN(C(=O)[C@H]2[C@@H]3C=C[C@@]4(CN(CCOc5ccccc5)C(=O)[C@H]24)O3)CCN1. The highest BCUT2D eigenvalue weighted by Gasteiger charge is 2.67. The fourth-order valence-electron chi connectivity index (χ4n) is 4.88. The summed E-state index contributed by atoms with van der Waals surface area (Å²) in [5.41, 5.74) is -0.743. The number of likely N-dealkylation sites (tertiary alicyclic amines) is 1. The number of para-hydroxylation sites is 1. The van der Waals surface area contributed by atoms with Crippen LogP contribution in [0, 0.1) is 11.8 Å². The molecule has 1 aromatic rings. The third-order valence-electron chi connectivity index (χ3n) is 6.19. The number of nitrogens with one attached hydrogen (secondary N) is 1. The van der Waals surface area contributed by atoms with Crippen molar-refractivity contribution in [2.24, 2.45) is 11.8 Å². The lowest BCUT2D eigenvalue weighted by atomic mass is 9.76. The van der Waals surface area contributed by atoms with Crippen molar-refractivity contribution in [2.45, 2.75) is 11.7 Å². The molecule has 2 bridgehead atoms. The largest absolute Gasteiger partial charge is 0.492 e. The van der Waals surface area contributed by atoms with E-state index in [4.69, 9.17) is 9.47 Å². The Bertz CT molecular complexity index is 872. The standard InChI is InChI=1S/C21H23N3O5/c25-16-12-23(9-8-22-16)19(26)17-15-6-7-21(29-15)13-24(20(27)18(17)21)10-11-28-14-4-2-1-3-5-14/h1-7,15,17-18H,8-13H2,(H,22,25)/t15-,17-,18-,21-/m0/s1. The second-order valence-electron chi connectivity index (χ2n) is 7.93. The summed E-state index contributed by atoms with van der Waals surface area (Å²) in [5.74, 6) is -0.766. The van der Waals surface area contributed by atoms with E-state index in [1.165, 1.54) is 0 Å². The fourth-order valence-corrected chi connectivity index (χ4v) is 4.88. The highest BCUT2D eigenvalue weighted by Crippen LogP contribution is 2.52. The first-order chi connectivity index (χ1) is 14.1. The van der Waals surface area contributed by atoms with Crippen molar-refractivity contribution in [3.8, 4) is 5.75 Å². The van der Waals surface area contributed by atoms with Crippen molar-refractivity contribution in [1.82, 2.24) is 15.1 Å². The minimum atomic E-state index is -0.743. The first kappa shape index (κ1) is 18.2. The Morgan fingerprint density at radius 2 is 2.10 bits per heavy atom. The van der Waals surface area contributed by atoms with Crippen LogP contribution in [0.15, 0.2) is 42.5 Å². The Morgan fingerprint density at radius 3 is 2.90 bits per heavy atom. The molecule has 4 atom stereocenters. The van der Waals surface area contributed by atoms with Gasteiger partial charge in [0.15, 0.2) is 0 Å². The quantitative estimate of drug-likeness (QED) is 0.696. The van der Waals surface area contributed by atoms with Crippen LogP contribution in [0.25, 0.3) is 0 Å². The van der Waals surface area contributed by atoms with Gasteiger partial charge in [0.1, 0.15) is 18.0 Å². The predicted octanol–water partition coefficient (Wildman–Crippen LogP) is -0.194. The molecule has 1 N–H and O–H groups in total. The number of hydrogen-bond acceptors (Lipinski definition) is 5. The number of piperazine rings is 1. The molecule has 0 radical (unpaired) electrons. The van der Waals surface area contributed by atoms with E-state index in [0.717, 1.165) is 5.75 Å². The molecule has 1 aromatic carbocycles. The van der Waals surface area contributed by atoms with Crippen molar-refractivity contribution in [3.05, 3.63) is 42.5 Å². The first-order valence-corrected chi connectivity index (χ1v) is 9.97. The van der Waals surface area contributed by atoms with E-state index in [0.29, 0.717) is 32.8 Å². The first-order valence-electron chi connectivity index (χ1n) is 9.97. The predicted molar refractivity (Wildman–Crippen MR) is 102 cm³/mol. The molecular weight excluding hydrogens is 374 g/mol. The summed E-state index contributed by atoms with van der Waals surface area (Å²) in [4.78, 5) is 41.3. The molecule has 0 aliphatic carbocycles. The van der Waals surface area contributed by atoms with Gasteiger partial charge in [-0.25, -0.2) is 0 Å². The summed E-state index contributed by atoms with van der Waals surface area (Å²) in [6, 6.07) is 9.45. The molecule has 3 amide bonds. The lowest BCUT2D eigenvalue weighted by Crippen LogP contribution is -2.54. The molecule has 8 nitrogen and oxygen atoms in total. The van der Waals surface area contributed by atoms with Crippen molar-refractivity contribution >= 4 is 17.7 Å². The topological polar surface area (TPSA) is 88.2 Å². The van der Waals surface area contributed by atoms with E-state index in [9.17, 15) is 14.4 Å². The molecule has 8 heteroatoms. The maximum atomic E-state index is 13.2. The van der Waals surface area contributed by atoms with Crippen molar-refractivity contribution in [3.63, 3.8) is 0 Å². The van der Waals surface area contributed by atoms with Gasteiger partial charge in [0, 0.05) is 13.1 Å². The molecule has 0 aromatic heterocycles. The van der Waals surface area contributed by atoms with Crippen molar-refractivity contribution in [2.75, 3.05) is 39.3 Å². The summed E-state index contributed by atoms with van der Waals surface area (Å²) in [7, 11) is 0. The number of rotatable bonds is 5. The van der Waals surface area contributed by atoms with Crippen LogP contribution >= 0.6 is 0 Å². The van der Waals surface area contributed by atoms with Gasteiger partial charge in [-0.2, -0.15) is 0 Å². The van der Waals surface area contributed by atoms with E-state index < -0.39 is 23.5 Å². The highest BCUT2D eigenvalue weighted by molar-refractivity contribution is 5.94. The van der Waals surface area contributed by atoms with Gasteiger partial charge in [-0.15, -0.1) is 0 Å². The van der Waals surface area contributed by atoms with Crippen LogP contribution in [0.3, 0.4) is 0 Å². The maximum Gasteiger partial charge on any atom is 0.239 e. The van der Waals surface area contributed by atoms with Crippen LogP contribution in [0.5, 0.6) is 5.75 Å². The zero-order valence-electron chi connectivity index (χ0n) is 16.0. The number of amides is 3. The molecule has 4 aliphatic rings. The lowest BCUT2D eigenvalue weighted by Gasteiger charge is -2.32. The van der Waals surface area contributed by atoms with E-state index in [1.807, 2.05) is 42.5 Å². The van der Waals surface area contributed by atoms with Gasteiger partial charge in [0.05, 0.1) is 37.6 Å². The number of ether oxygens (including phenoxy) is 2. The number of hydrogen-bond donors (Lipinski definition) is 1. The van der Waals surface area contributed by atoms with Crippen LogP contribution in [0.1, 0.15) is 0 Å². The third kappa shape index (κ3) is 2.98. The molecule has 0 saturated carbocycles. The minimum absolute atomic E-state index is 0.0360. The Balaban J connectivity index is 1.28. The monoisotopic (exact) mass is 397 g/mol. The molecule has 1 spiro atoms. The van der Waals surface area contributed by atoms with E-state index >= 15 is 0 Å². The molecule has 3 saturated heterocycles. The van der Waals surface area contributed by atoms with Gasteiger partial charge in [-0.3, -0.25) is 14.4 Å². The molecular formula is C21H23N3O5. The van der Waals surface area contributed by atoms with E-state index in [1.54, 1.807) is 9.80 Å². The fraction of sp³-hybridized carbons (Fsp3) is 0.476. The Labute approximate surface area is 168 Å². The summed E-state index contributed by atoms with van der Waals surface area (Å²) >= 11 is 0. The van der Waals surface area contributed by atoms with Crippen LogP contribution in [0.2, 0.25) is 0 Å². The van der Waals surface area contributed by atoms with Crippen LogP contribution in [-0.4, -0.2) is 78.6 Å². The lowest BCUT2D eigenvalue weighted by molar-refractivity contribution is -0.146. The normalized spacial score (nSPS) is 32.5. The molecule has 4 heterocycles. The summed E-state index contributed by atoms with van der Waals surface area (Å²) < 4.78 is 11.9. The summed E-state index contributed by atoms with van der Waals surface area (Å²) in [5, 5.41) is 2.72. The van der Waals surface area contributed by atoms with E-state index in [2.05, 4.69) is 5.32 Å². The molecule has 3 fully saturated rings. The number of nitrogens with zero attached hydrogens (tertiary/aromatic N) is 2. The van der Waals surface area contributed by atoms with Crippen LogP contribution in [-0.2, 0) is 19.1 Å². The minimum Gasteiger partial charge on any atom is -0.492 e. The number of carbonyl (C=O) groups excluding carboxylic acids is 3. The Morgan fingerprint density at radius 1 is 1.28 bits per heavy atom. The average Bonchev–Trinajstić information content (AvgIpc) is 3.37. The highest BCUT2D eigenvalue weighted by atomic mass is 16.5. The molecule has 29 heavy (non-hydrogen) atoms. The van der Waals surface area contributed by atoms with Gasteiger partial charge in [-0.05, 0) is 12.1 Å². The van der Waals surface area contributed by atoms with Crippen molar-refractivity contribution < 1.29 is 23.9 Å². The van der Waals surface area contributed by atoms with Crippen LogP contribution < -0.4 is 10.1 Å². The van der Waals surface area contributed by atoms with Gasteiger partial charge in [-0.1, -0.05) is 30.4 Å². The Hall–Kier alpha value is -2.87. The van der Waals surface area contributed by atoms with Gasteiger partial charge < -0.3 is 24.6 Å². The molecule has 4 aliphatic heterocycles. The van der Waals surface area contributed by atoms with E-state index in [-0.39, 0.29) is 24.3 Å². The second kappa shape index (κ2) is 6.88. The smallest absolute Gasteiger partial charge is 0.239 e. The second-order valence-corrected chi connectivity index (χ2v) is 7.93. The molecule has 152 valence electrons. The summed E-state index contributed by atoms with van der Waals surface area (Å²) in [6.07, 6.45) is 3.43. The van der Waals surface area contributed by atoms with Crippen LogP contribution in [0.4, 0.5) is 0 Å². The van der Waals surface area contributed by atoms with Gasteiger partial charge >= 0.3 is 0 Å². The van der Waals surface area contributed by atoms with Gasteiger partial charge in [0.25, 0.3) is 0 Å². The number of carbonyl (C=O) groups is 3. The summed E-state index contributed by atoms with van der Waals surface area (Å²) in [6.45, 7) is 2.16. The zero-order valence-corrected chi connectivity index (χ0v) is 16.0. The van der Waals surface area contributed by atoms with Gasteiger partial charge in [0.2, 0.25) is 17.7 Å². The number of benzene rings is 1. The molecule has 5 rings (SSSR count). The zero-order chi connectivity index (χ0) is 20.0. The maximum absolute atomic E-state index is 13.2. The van der Waals surface area contributed by atoms with Crippen molar-refractivity contribution in [1.29, 1.82) is 0 Å². The Kier molecular flexibility index (Phi) is 4.31. The molecule has 0 unspecified atom stereocenters. The number of fused-ring (bicyclic) bond motifs is 1. The average molecular weight is 397 g/mol. The third-order valence-corrected chi connectivity index (χ3v) is 6.19.